The molecule has 0 aliphatic heterocycles. The summed E-state index contributed by atoms with van der Waals surface area (Å²) in [7, 11) is 1.57. The molecule has 2 rings (SSSR count). The van der Waals surface area contributed by atoms with E-state index in [9.17, 15) is 9.90 Å². The van der Waals surface area contributed by atoms with E-state index in [2.05, 4.69) is 0 Å². The van der Waals surface area contributed by atoms with Crippen molar-refractivity contribution in [3.05, 3.63) is 65.2 Å². The molecule has 0 saturated carbocycles. The van der Waals surface area contributed by atoms with Gasteiger partial charge in [-0.25, -0.2) is 0 Å². The van der Waals surface area contributed by atoms with Crippen LogP contribution in [0.15, 0.2) is 48.5 Å². The molecular weight excluding hydrogens is 240 g/mol. The summed E-state index contributed by atoms with van der Waals surface area (Å²) in [5.41, 5.74) is 2.16. The van der Waals surface area contributed by atoms with Crippen molar-refractivity contribution in [2.75, 3.05) is 7.11 Å². The fourth-order valence-electron chi connectivity index (χ4n) is 1.81. The summed E-state index contributed by atoms with van der Waals surface area (Å²) < 4.78 is 5.03. The van der Waals surface area contributed by atoms with Crippen molar-refractivity contribution in [1.29, 1.82) is 0 Å². The van der Waals surface area contributed by atoms with Crippen LogP contribution in [0.25, 0.3) is 0 Å². The molecule has 2 aromatic carbocycles. The molecule has 1 atom stereocenters. The molecule has 0 spiro atoms. The van der Waals surface area contributed by atoms with Crippen LogP contribution >= 0.6 is 0 Å². The number of carbonyl (C=O) groups excluding carboxylic acids is 1. The second-order valence-electron chi connectivity index (χ2n) is 4.41. The van der Waals surface area contributed by atoms with Gasteiger partial charge in [-0.1, -0.05) is 29.8 Å². The molecule has 1 N–H and O–H groups in total. The number of Topliss-reactive ketones (excluding diaryl/α,β-unsaturated/α-hetero) is 1. The van der Waals surface area contributed by atoms with E-state index in [0.717, 1.165) is 5.56 Å². The van der Waals surface area contributed by atoms with Gasteiger partial charge in [0.05, 0.1) is 7.11 Å². The van der Waals surface area contributed by atoms with E-state index in [-0.39, 0.29) is 5.78 Å². The SMILES string of the molecule is COc1ccc(C(=O)C(O)c2ccc(C)cc2)cc1. The predicted molar refractivity (Wildman–Crippen MR) is 73.5 cm³/mol. The van der Waals surface area contributed by atoms with Gasteiger partial charge in [-0.2, -0.15) is 0 Å². The number of hydrogen-bond acceptors (Lipinski definition) is 3. The first kappa shape index (κ1) is 13.3. The number of aliphatic hydroxyl groups is 1. The minimum Gasteiger partial charge on any atom is -0.497 e. The highest BCUT2D eigenvalue weighted by Gasteiger charge is 2.18. The summed E-state index contributed by atoms with van der Waals surface area (Å²) >= 11 is 0. The molecule has 0 aliphatic rings. The lowest BCUT2D eigenvalue weighted by Crippen LogP contribution is -2.12. The molecule has 3 heteroatoms. The lowest BCUT2D eigenvalue weighted by Gasteiger charge is -2.10. The van der Waals surface area contributed by atoms with Crippen molar-refractivity contribution in [2.45, 2.75) is 13.0 Å². The smallest absolute Gasteiger partial charge is 0.195 e. The van der Waals surface area contributed by atoms with Crippen molar-refractivity contribution in [2.24, 2.45) is 0 Å². The molecule has 0 amide bonds. The third kappa shape index (κ3) is 3.01. The molecule has 2 aromatic rings. The summed E-state index contributed by atoms with van der Waals surface area (Å²) in [5.74, 6) is 0.368. The van der Waals surface area contributed by atoms with Crippen LogP contribution in [0.3, 0.4) is 0 Å². The lowest BCUT2D eigenvalue weighted by molar-refractivity contribution is 0.0747. The van der Waals surface area contributed by atoms with Gasteiger partial charge in [-0.05, 0) is 36.8 Å². The predicted octanol–water partition coefficient (Wildman–Crippen LogP) is 2.92. The zero-order chi connectivity index (χ0) is 13.8. The fraction of sp³-hybridized carbons (Fsp3) is 0.188. The van der Waals surface area contributed by atoms with Crippen molar-refractivity contribution >= 4 is 5.78 Å². The van der Waals surface area contributed by atoms with E-state index < -0.39 is 6.10 Å². The number of rotatable bonds is 4. The van der Waals surface area contributed by atoms with Crippen molar-refractivity contribution < 1.29 is 14.6 Å². The highest BCUT2D eigenvalue weighted by molar-refractivity contribution is 5.99. The zero-order valence-corrected chi connectivity index (χ0v) is 11.0. The average Bonchev–Trinajstić information content (AvgIpc) is 2.46. The minimum atomic E-state index is -1.13. The number of ether oxygens (including phenoxy) is 1. The van der Waals surface area contributed by atoms with Crippen LogP contribution in [-0.2, 0) is 0 Å². The Balaban J connectivity index is 2.20. The molecule has 0 radical (unpaired) electrons. The Hall–Kier alpha value is -2.13. The van der Waals surface area contributed by atoms with E-state index in [0.29, 0.717) is 16.9 Å². The maximum atomic E-state index is 12.1. The number of methoxy groups -OCH3 is 1. The largest absolute Gasteiger partial charge is 0.497 e. The second-order valence-corrected chi connectivity index (χ2v) is 4.41. The Kier molecular flexibility index (Phi) is 3.97. The van der Waals surface area contributed by atoms with Gasteiger partial charge in [0.25, 0.3) is 0 Å². The molecular formula is C16H16O3. The van der Waals surface area contributed by atoms with Gasteiger partial charge in [0.1, 0.15) is 11.9 Å². The first-order valence-electron chi connectivity index (χ1n) is 6.04. The second kappa shape index (κ2) is 5.67. The molecule has 19 heavy (non-hydrogen) atoms. The summed E-state index contributed by atoms with van der Waals surface area (Å²) in [6.07, 6.45) is -1.13. The Morgan fingerprint density at radius 2 is 1.63 bits per heavy atom. The van der Waals surface area contributed by atoms with Crippen LogP contribution in [-0.4, -0.2) is 18.0 Å². The minimum absolute atomic E-state index is 0.313. The first-order chi connectivity index (χ1) is 9.11. The van der Waals surface area contributed by atoms with Crippen molar-refractivity contribution in [3.8, 4) is 5.75 Å². The monoisotopic (exact) mass is 256 g/mol. The number of aliphatic hydroxyl groups excluding tert-OH is 1. The summed E-state index contributed by atoms with van der Waals surface area (Å²) in [4.78, 5) is 12.1. The topological polar surface area (TPSA) is 46.5 Å². The first-order valence-corrected chi connectivity index (χ1v) is 6.04. The van der Waals surface area contributed by atoms with E-state index >= 15 is 0 Å². The van der Waals surface area contributed by atoms with Gasteiger partial charge < -0.3 is 9.84 Å². The molecule has 1 unspecified atom stereocenters. The summed E-state index contributed by atoms with van der Waals surface area (Å²) in [5, 5.41) is 10.1. The van der Waals surface area contributed by atoms with Gasteiger partial charge in [-0.15, -0.1) is 0 Å². The van der Waals surface area contributed by atoms with Crippen LogP contribution in [0.5, 0.6) is 5.75 Å². The van der Waals surface area contributed by atoms with E-state index in [4.69, 9.17) is 4.74 Å². The maximum Gasteiger partial charge on any atom is 0.195 e. The van der Waals surface area contributed by atoms with Crippen LogP contribution in [0, 0.1) is 6.92 Å². The fourth-order valence-corrected chi connectivity index (χ4v) is 1.81. The van der Waals surface area contributed by atoms with Crippen LogP contribution in [0.1, 0.15) is 27.6 Å². The van der Waals surface area contributed by atoms with Gasteiger partial charge in [-0.3, -0.25) is 4.79 Å². The quantitative estimate of drug-likeness (QED) is 0.855. The Bertz CT molecular complexity index is 556. The van der Waals surface area contributed by atoms with Gasteiger partial charge in [0.2, 0.25) is 0 Å². The number of ketones is 1. The normalized spacial score (nSPS) is 11.9. The molecule has 0 saturated heterocycles. The van der Waals surface area contributed by atoms with Gasteiger partial charge in [0, 0.05) is 5.56 Å². The van der Waals surface area contributed by atoms with Gasteiger partial charge >= 0.3 is 0 Å². The third-order valence-corrected chi connectivity index (χ3v) is 3.02. The molecule has 0 fully saturated rings. The number of benzene rings is 2. The Morgan fingerprint density at radius 3 is 2.16 bits per heavy atom. The zero-order valence-electron chi connectivity index (χ0n) is 11.0. The van der Waals surface area contributed by atoms with Crippen LogP contribution in [0.4, 0.5) is 0 Å². The molecule has 0 heterocycles. The van der Waals surface area contributed by atoms with Crippen molar-refractivity contribution in [1.82, 2.24) is 0 Å². The van der Waals surface area contributed by atoms with Crippen molar-refractivity contribution in [3.63, 3.8) is 0 Å². The number of aryl methyl sites for hydroxylation is 1. The van der Waals surface area contributed by atoms with E-state index in [1.54, 1.807) is 43.5 Å². The number of carbonyl (C=O) groups is 1. The molecule has 0 bridgehead atoms. The molecule has 3 nitrogen and oxygen atoms in total. The number of hydrogen-bond donors (Lipinski definition) is 1. The highest BCUT2D eigenvalue weighted by atomic mass is 16.5. The van der Waals surface area contributed by atoms with E-state index in [1.807, 2.05) is 19.1 Å². The Labute approximate surface area is 112 Å². The maximum absolute atomic E-state index is 12.1. The Morgan fingerprint density at radius 1 is 1.05 bits per heavy atom. The van der Waals surface area contributed by atoms with Crippen LogP contribution in [0.2, 0.25) is 0 Å². The molecule has 0 aromatic heterocycles. The van der Waals surface area contributed by atoms with E-state index in [1.165, 1.54) is 0 Å². The standard InChI is InChI=1S/C16H16O3/c1-11-3-5-12(6-4-11)15(17)16(18)13-7-9-14(19-2)10-8-13/h3-10,15,17H,1-2H3. The molecule has 0 aliphatic carbocycles. The lowest BCUT2D eigenvalue weighted by atomic mass is 9.99. The van der Waals surface area contributed by atoms with Crippen LogP contribution < -0.4 is 4.74 Å². The molecule has 98 valence electrons. The summed E-state index contributed by atoms with van der Waals surface area (Å²) in [6, 6.07) is 14.0. The van der Waals surface area contributed by atoms with Gasteiger partial charge in [0.15, 0.2) is 5.78 Å². The highest BCUT2D eigenvalue weighted by Crippen LogP contribution is 2.20. The average molecular weight is 256 g/mol. The summed E-state index contributed by atoms with van der Waals surface area (Å²) in [6.45, 7) is 1.96. The third-order valence-electron chi connectivity index (χ3n) is 3.02.